The van der Waals surface area contributed by atoms with Crippen molar-refractivity contribution in [3.8, 4) is 0 Å². The van der Waals surface area contributed by atoms with Crippen LogP contribution in [0.3, 0.4) is 0 Å². The molecule has 8 heteroatoms. The third-order valence-corrected chi connectivity index (χ3v) is 7.82. The molecule has 0 radical (unpaired) electrons. The predicted octanol–water partition coefficient (Wildman–Crippen LogP) is 1.72. The van der Waals surface area contributed by atoms with Gasteiger partial charge in [-0.15, -0.1) is 0 Å². The fourth-order valence-corrected chi connectivity index (χ4v) is 4.83. The van der Waals surface area contributed by atoms with Gasteiger partial charge in [-0.2, -0.15) is 4.31 Å². The Morgan fingerprint density at radius 3 is 2.10 bits per heavy atom. The summed E-state index contributed by atoms with van der Waals surface area (Å²) in [5.74, 6) is 0.253. The van der Waals surface area contributed by atoms with E-state index in [1.165, 1.54) is 16.4 Å². The molecule has 29 heavy (non-hydrogen) atoms. The number of amides is 1. The van der Waals surface area contributed by atoms with Gasteiger partial charge < -0.3 is 10.2 Å². The lowest BCUT2D eigenvalue weighted by Gasteiger charge is -2.39. The van der Waals surface area contributed by atoms with Gasteiger partial charge in [0.15, 0.2) is 0 Å². The average molecular weight is 425 g/mol. The number of hydrogen-bond acceptors (Lipinski definition) is 5. The molecule has 0 aliphatic carbocycles. The Bertz CT molecular complexity index is 770. The van der Waals surface area contributed by atoms with E-state index in [-0.39, 0.29) is 22.9 Å². The van der Waals surface area contributed by atoms with Gasteiger partial charge in [0.25, 0.3) is 5.91 Å². The number of hydrogen-bond donors (Lipinski definition) is 1. The van der Waals surface area contributed by atoms with Crippen LogP contribution in [0.15, 0.2) is 29.2 Å². The van der Waals surface area contributed by atoms with Crippen LogP contribution >= 0.6 is 0 Å². The van der Waals surface area contributed by atoms with Crippen molar-refractivity contribution in [2.75, 3.05) is 46.8 Å². The standard InChI is InChI=1S/C21H36N4O3S/c1-16(2)20(25-13-11-23(5)12-14-25)15-22-21(26)18-7-9-19(10-8-18)29(27,28)24(6)17(3)4/h7-10,16-17,20H,11-15H2,1-6H3,(H,22,26). The van der Waals surface area contributed by atoms with E-state index in [9.17, 15) is 13.2 Å². The minimum absolute atomic E-state index is 0.134. The number of benzene rings is 1. The SMILES string of the molecule is CC(C)C(CNC(=O)c1ccc(S(=O)(=O)N(C)C(C)C)cc1)N1CCN(C)CC1. The average Bonchev–Trinajstić information content (AvgIpc) is 2.68. The summed E-state index contributed by atoms with van der Waals surface area (Å²) in [5, 5.41) is 3.03. The molecule has 164 valence electrons. The van der Waals surface area contributed by atoms with Crippen LogP contribution in [0.5, 0.6) is 0 Å². The summed E-state index contributed by atoms with van der Waals surface area (Å²) in [6, 6.07) is 6.32. The molecule has 0 bridgehead atoms. The Kier molecular flexibility index (Phi) is 8.22. The normalized spacial score (nSPS) is 17.8. The Morgan fingerprint density at radius 1 is 1.07 bits per heavy atom. The van der Waals surface area contributed by atoms with Crippen LogP contribution in [0.1, 0.15) is 38.1 Å². The zero-order valence-corrected chi connectivity index (χ0v) is 19.4. The van der Waals surface area contributed by atoms with E-state index in [1.807, 2.05) is 13.8 Å². The molecule has 1 N–H and O–H groups in total. The van der Waals surface area contributed by atoms with Gasteiger partial charge >= 0.3 is 0 Å². The molecule has 1 saturated heterocycles. The summed E-state index contributed by atoms with van der Waals surface area (Å²) < 4.78 is 26.4. The number of carbonyl (C=O) groups is 1. The monoisotopic (exact) mass is 424 g/mol. The van der Waals surface area contributed by atoms with Crippen molar-refractivity contribution in [3.05, 3.63) is 29.8 Å². The molecule has 2 rings (SSSR count). The van der Waals surface area contributed by atoms with Gasteiger partial charge in [-0.25, -0.2) is 8.42 Å². The first-order chi connectivity index (χ1) is 13.5. The first-order valence-electron chi connectivity index (χ1n) is 10.3. The molecule has 0 spiro atoms. The molecule has 1 heterocycles. The Morgan fingerprint density at radius 2 is 1.62 bits per heavy atom. The summed E-state index contributed by atoms with van der Waals surface area (Å²) in [5.41, 5.74) is 0.469. The molecule has 1 unspecified atom stereocenters. The van der Waals surface area contributed by atoms with Crippen molar-refractivity contribution < 1.29 is 13.2 Å². The minimum atomic E-state index is -3.55. The molecule has 0 aromatic heterocycles. The lowest BCUT2D eigenvalue weighted by atomic mass is 10.0. The van der Waals surface area contributed by atoms with Crippen LogP contribution in [0.25, 0.3) is 0 Å². The topological polar surface area (TPSA) is 73.0 Å². The number of nitrogens with zero attached hydrogens (tertiary/aromatic N) is 3. The van der Waals surface area contributed by atoms with Gasteiger partial charge in [0.1, 0.15) is 0 Å². The summed E-state index contributed by atoms with van der Waals surface area (Å²) in [4.78, 5) is 17.6. The van der Waals surface area contributed by atoms with E-state index in [2.05, 4.69) is 36.0 Å². The molecule has 1 atom stereocenters. The lowest BCUT2D eigenvalue weighted by Crippen LogP contribution is -2.54. The van der Waals surface area contributed by atoms with Crippen LogP contribution in [0.2, 0.25) is 0 Å². The summed E-state index contributed by atoms with van der Waals surface area (Å²) in [7, 11) is 0.146. The highest BCUT2D eigenvalue weighted by atomic mass is 32.2. The van der Waals surface area contributed by atoms with E-state index in [4.69, 9.17) is 0 Å². The molecule has 7 nitrogen and oxygen atoms in total. The molecule has 0 saturated carbocycles. The molecule has 1 aromatic carbocycles. The first-order valence-corrected chi connectivity index (χ1v) is 11.8. The van der Waals surface area contributed by atoms with Crippen molar-refractivity contribution in [1.29, 1.82) is 0 Å². The number of rotatable bonds is 8. The summed E-state index contributed by atoms with van der Waals surface area (Å²) in [6.45, 7) is 12.7. The van der Waals surface area contributed by atoms with E-state index >= 15 is 0 Å². The second kappa shape index (κ2) is 10.0. The van der Waals surface area contributed by atoms with Gasteiger partial charge in [-0.3, -0.25) is 9.69 Å². The number of piperazine rings is 1. The molecule has 1 aromatic rings. The third-order valence-electron chi connectivity index (χ3n) is 5.77. The molecular formula is C21H36N4O3S. The fourth-order valence-electron chi connectivity index (χ4n) is 3.46. The maximum absolute atomic E-state index is 12.6. The number of nitrogens with one attached hydrogen (secondary N) is 1. The van der Waals surface area contributed by atoms with Crippen LogP contribution in [-0.2, 0) is 10.0 Å². The first kappa shape index (κ1) is 23.8. The number of sulfonamides is 1. The third kappa shape index (κ3) is 6.01. The van der Waals surface area contributed by atoms with E-state index in [1.54, 1.807) is 19.2 Å². The second-order valence-corrected chi connectivity index (χ2v) is 10.5. The molecule has 1 aliphatic rings. The largest absolute Gasteiger partial charge is 0.350 e. The van der Waals surface area contributed by atoms with Gasteiger partial charge in [-0.05, 0) is 51.1 Å². The highest BCUT2D eigenvalue weighted by Gasteiger charge is 2.26. The Labute approximate surface area is 176 Å². The van der Waals surface area contributed by atoms with Crippen LogP contribution in [-0.4, -0.2) is 87.3 Å². The highest BCUT2D eigenvalue weighted by Crippen LogP contribution is 2.18. The summed E-state index contributed by atoms with van der Waals surface area (Å²) in [6.07, 6.45) is 0. The zero-order chi connectivity index (χ0) is 21.8. The predicted molar refractivity (Wildman–Crippen MR) is 117 cm³/mol. The van der Waals surface area contributed by atoms with Crippen molar-refractivity contribution in [3.63, 3.8) is 0 Å². The van der Waals surface area contributed by atoms with E-state index < -0.39 is 10.0 Å². The van der Waals surface area contributed by atoms with Crippen molar-refractivity contribution in [2.45, 2.75) is 44.7 Å². The number of carbonyl (C=O) groups excluding carboxylic acids is 1. The van der Waals surface area contributed by atoms with Crippen molar-refractivity contribution >= 4 is 15.9 Å². The minimum Gasteiger partial charge on any atom is -0.350 e. The van der Waals surface area contributed by atoms with E-state index in [0.717, 1.165) is 26.2 Å². The molecule has 1 aliphatic heterocycles. The summed E-state index contributed by atoms with van der Waals surface area (Å²) >= 11 is 0. The number of likely N-dealkylation sites (N-methyl/N-ethyl adjacent to an activating group) is 1. The van der Waals surface area contributed by atoms with Crippen LogP contribution < -0.4 is 5.32 Å². The zero-order valence-electron chi connectivity index (χ0n) is 18.6. The molecular weight excluding hydrogens is 388 g/mol. The fraction of sp³-hybridized carbons (Fsp3) is 0.667. The van der Waals surface area contributed by atoms with Crippen LogP contribution in [0, 0.1) is 5.92 Å². The second-order valence-electron chi connectivity index (χ2n) is 8.50. The maximum atomic E-state index is 12.6. The smallest absolute Gasteiger partial charge is 0.251 e. The quantitative estimate of drug-likeness (QED) is 0.688. The van der Waals surface area contributed by atoms with Gasteiger partial charge in [-0.1, -0.05) is 13.8 Å². The molecule has 1 fully saturated rings. The lowest BCUT2D eigenvalue weighted by molar-refractivity contribution is 0.0791. The Hall–Kier alpha value is -1.48. The Balaban J connectivity index is 2.01. The highest BCUT2D eigenvalue weighted by molar-refractivity contribution is 7.89. The van der Waals surface area contributed by atoms with Crippen molar-refractivity contribution in [1.82, 2.24) is 19.4 Å². The van der Waals surface area contributed by atoms with Crippen LogP contribution in [0.4, 0.5) is 0 Å². The van der Waals surface area contributed by atoms with E-state index in [0.29, 0.717) is 18.0 Å². The molecule has 1 amide bonds. The maximum Gasteiger partial charge on any atom is 0.251 e. The van der Waals surface area contributed by atoms with Gasteiger partial charge in [0.2, 0.25) is 10.0 Å². The van der Waals surface area contributed by atoms with Gasteiger partial charge in [0, 0.05) is 57.4 Å². The van der Waals surface area contributed by atoms with Crippen molar-refractivity contribution in [2.24, 2.45) is 5.92 Å². The van der Waals surface area contributed by atoms with Gasteiger partial charge in [0.05, 0.1) is 4.90 Å².